The van der Waals surface area contributed by atoms with Gasteiger partial charge in [0.1, 0.15) is 6.29 Å². The largest absolute Gasteiger partial charge is 0.367 e. The van der Waals surface area contributed by atoms with Gasteiger partial charge in [0.25, 0.3) is 0 Å². The van der Waals surface area contributed by atoms with E-state index in [-0.39, 0.29) is 0 Å². The molecule has 0 heterocycles. The Kier molecular flexibility index (Phi) is 3.80. The van der Waals surface area contributed by atoms with Gasteiger partial charge < -0.3 is 4.90 Å². The molecular weight excluding hydrogens is 280 g/mol. The van der Waals surface area contributed by atoms with E-state index in [1.807, 2.05) is 18.2 Å². The topological polar surface area (TPSA) is 44.1 Å². The lowest BCUT2D eigenvalue weighted by Crippen LogP contribution is -2.26. The van der Waals surface area contributed by atoms with Crippen LogP contribution in [-0.2, 0) is 0 Å². The molecule has 1 saturated carbocycles. The Morgan fingerprint density at radius 3 is 2.82 bits per heavy atom. The summed E-state index contributed by atoms with van der Waals surface area (Å²) in [5.74, 6) is 0. The summed E-state index contributed by atoms with van der Waals surface area (Å²) >= 11 is 3.49. The van der Waals surface area contributed by atoms with Gasteiger partial charge in [-0.25, -0.2) is 0 Å². The molecule has 0 spiro atoms. The van der Waals surface area contributed by atoms with Crippen LogP contribution in [0, 0.1) is 11.3 Å². The number of nitrogens with zero attached hydrogens (tertiary/aromatic N) is 2. The van der Waals surface area contributed by atoms with E-state index < -0.39 is 0 Å². The number of carbonyl (C=O) groups excluding carboxylic acids is 1. The van der Waals surface area contributed by atoms with Crippen molar-refractivity contribution >= 4 is 27.9 Å². The average molecular weight is 293 g/mol. The van der Waals surface area contributed by atoms with E-state index in [1.165, 1.54) is 12.8 Å². The van der Waals surface area contributed by atoms with E-state index in [9.17, 15) is 4.79 Å². The Morgan fingerprint density at radius 2 is 2.29 bits per heavy atom. The Bertz CT molecular complexity index is 463. The molecule has 17 heavy (non-hydrogen) atoms. The number of anilines is 1. The first kappa shape index (κ1) is 12.1. The highest BCUT2D eigenvalue weighted by molar-refractivity contribution is 9.10. The predicted molar refractivity (Wildman–Crippen MR) is 70.1 cm³/mol. The molecule has 0 atom stereocenters. The Hall–Kier alpha value is -1.34. The highest BCUT2D eigenvalue weighted by Gasteiger charge is 2.29. The standard InChI is InChI=1S/C13H13BrN2O/c14-12-8-10(9-17)2-5-13(12)16(7-1-6-15)11-3-4-11/h2,5,8-9,11H,1,3-4,7H2. The Labute approximate surface area is 109 Å². The fourth-order valence-corrected chi connectivity index (χ4v) is 2.51. The minimum absolute atomic E-state index is 0.526. The lowest BCUT2D eigenvalue weighted by Gasteiger charge is -2.24. The third-order valence-electron chi connectivity index (χ3n) is 2.87. The van der Waals surface area contributed by atoms with Gasteiger partial charge in [-0.3, -0.25) is 4.79 Å². The molecule has 4 heteroatoms. The monoisotopic (exact) mass is 292 g/mol. The molecule has 1 aromatic rings. The molecule has 1 fully saturated rings. The number of hydrogen-bond acceptors (Lipinski definition) is 3. The second-order valence-corrected chi connectivity index (χ2v) is 5.02. The highest BCUT2D eigenvalue weighted by Crippen LogP contribution is 2.36. The fraction of sp³-hybridized carbons (Fsp3) is 0.385. The number of rotatable bonds is 5. The van der Waals surface area contributed by atoms with Crippen molar-refractivity contribution in [3.8, 4) is 6.07 Å². The summed E-state index contributed by atoms with van der Waals surface area (Å²) < 4.78 is 0.923. The van der Waals surface area contributed by atoms with Crippen molar-refractivity contribution in [2.45, 2.75) is 25.3 Å². The number of hydrogen-bond donors (Lipinski definition) is 0. The molecule has 0 unspecified atom stereocenters. The molecule has 0 saturated heterocycles. The summed E-state index contributed by atoms with van der Waals surface area (Å²) in [5, 5.41) is 8.68. The maximum absolute atomic E-state index is 10.7. The first-order valence-corrected chi connectivity index (χ1v) is 6.44. The van der Waals surface area contributed by atoms with Gasteiger partial charge in [0.2, 0.25) is 0 Å². The van der Waals surface area contributed by atoms with E-state index in [0.717, 1.165) is 23.0 Å². The lowest BCUT2D eigenvalue weighted by atomic mass is 10.2. The summed E-state index contributed by atoms with van der Waals surface area (Å²) in [7, 11) is 0. The normalized spacial score (nSPS) is 14.1. The molecule has 0 bridgehead atoms. The van der Waals surface area contributed by atoms with Crippen LogP contribution in [0.2, 0.25) is 0 Å². The van der Waals surface area contributed by atoms with E-state index in [1.54, 1.807) is 0 Å². The zero-order chi connectivity index (χ0) is 12.3. The molecule has 1 aliphatic carbocycles. The van der Waals surface area contributed by atoms with Gasteiger partial charge in [-0.15, -0.1) is 0 Å². The number of carbonyl (C=O) groups is 1. The van der Waals surface area contributed by atoms with Crippen LogP contribution in [0.3, 0.4) is 0 Å². The second kappa shape index (κ2) is 5.33. The Balaban J connectivity index is 2.23. The highest BCUT2D eigenvalue weighted by atomic mass is 79.9. The van der Waals surface area contributed by atoms with Gasteiger partial charge in [-0.1, -0.05) is 0 Å². The number of aldehydes is 1. The van der Waals surface area contributed by atoms with Gasteiger partial charge in [0.05, 0.1) is 18.2 Å². The van der Waals surface area contributed by atoms with E-state index in [2.05, 4.69) is 26.9 Å². The van der Waals surface area contributed by atoms with Crippen LogP contribution in [-0.4, -0.2) is 18.9 Å². The van der Waals surface area contributed by atoms with Crippen molar-refractivity contribution in [1.29, 1.82) is 5.26 Å². The van der Waals surface area contributed by atoms with Crippen molar-refractivity contribution in [3.05, 3.63) is 28.2 Å². The molecule has 1 aliphatic rings. The smallest absolute Gasteiger partial charge is 0.150 e. The van der Waals surface area contributed by atoms with Crippen molar-refractivity contribution in [2.24, 2.45) is 0 Å². The SMILES string of the molecule is N#CCCN(c1ccc(C=O)cc1Br)C1CC1. The summed E-state index contributed by atoms with van der Waals surface area (Å²) in [6, 6.07) is 8.32. The molecule has 0 aliphatic heterocycles. The predicted octanol–water partition coefficient (Wildman–Crippen LogP) is 3.14. The van der Waals surface area contributed by atoms with Crippen molar-refractivity contribution < 1.29 is 4.79 Å². The summed E-state index contributed by atoms with van der Waals surface area (Å²) in [6.07, 6.45) is 3.74. The van der Waals surface area contributed by atoms with Crippen LogP contribution >= 0.6 is 15.9 Å². The van der Waals surface area contributed by atoms with Gasteiger partial charge >= 0.3 is 0 Å². The van der Waals surface area contributed by atoms with Crippen LogP contribution < -0.4 is 4.90 Å². The minimum Gasteiger partial charge on any atom is -0.367 e. The molecule has 3 nitrogen and oxygen atoms in total. The summed E-state index contributed by atoms with van der Waals surface area (Å²) in [4.78, 5) is 12.9. The quantitative estimate of drug-likeness (QED) is 0.783. The first-order chi connectivity index (χ1) is 8.26. The number of nitriles is 1. The van der Waals surface area contributed by atoms with Crippen LogP contribution in [0.25, 0.3) is 0 Å². The molecular formula is C13H13BrN2O. The molecule has 2 rings (SSSR count). The summed E-state index contributed by atoms with van der Waals surface area (Å²) in [6.45, 7) is 0.750. The molecule has 0 amide bonds. The minimum atomic E-state index is 0.526. The average Bonchev–Trinajstić information content (AvgIpc) is 3.15. The fourth-order valence-electron chi connectivity index (χ4n) is 1.89. The van der Waals surface area contributed by atoms with Crippen molar-refractivity contribution in [1.82, 2.24) is 0 Å². The molecule has 0 N–H and O–H groups in total. The number of benzene rings is 1. The van der Waals surface area contributed by atoms with Crippen LogP contribution in [0.1, 0.15) is 29.6 Å². The van der Waals surface area contributed by atoms with Gasteiger partial charge in [0, 0.05) is 22.6 Å². The van der Waals surface area contributed by atoms with E-state index in [0.29, 0.717) is 18.0 Å². The van der Waals surface area contributed by atoms with Crippen LogP contribution in [0.4, 0.5) is 5.69 Å². The third-order valence-corrected chi connectivity index (χ3v) is 3.50. The Morgan fingerprint density at radius 1 is 1.53 bits per heavy atom. The third kappa shape index (κ3) is 2.86. The summed E-state index contributed by atoms with van der Waals surface area (Å²) in [5.41, 5.74) is 1.74. The van der Waals surface area contributed by atoms with Crippen molar-refractivity contribution in [2.75, 3.05) is 11.4 Å². The maximum Gasteiger partial charge on any atom is 0.150 e. The van der Waals surface area contributed by atoms with Gasteiger partial charge in [0.15, 0.2) is 0 Å². The van der Waals surface area contributed by atoms with Gasteiger partial charge in [-0.05, 0) is 47.0 Å². The second-order valence-electron chi connectivity index (χ2n) is 4.16. The zero-order valence-electron chi connectivity index (χ0n) is 9.40. The van der Waals surface area contributed by atoms with Gasteiger partial charge in [-0.2, -0.15) is 5.26 Å². The zero-order valence-corrected chi connectivity index (χ0v) is 11.0. The maximum atomic E-state index is 10.7. The van der Waals surface area contributed by atoms with Crippen LogP contribution in [0.15, 0.2) is 22.7 Å². The van der Waals surface area contributed by atoms with Crippen LogP contribution in [0.5, 0.6) is 0 Å². The van der Waals surface area contributed by atoms with Crippen molar-refractivity contribution in [3.63, 3.8) is 0 Å². The van der Waals surface area contributed by atoms with E-state index >= 15 is 0 Å². The number of halogens is 1. The molecule has 88 valence electrons. The molecule has 1 aromatic carbocycles. The molecule has 0 aromatic heterocycles. The lowest BCUT2D eigenvalue weighted by molar-refractivity contribution is 0.112. The van der Waals surface area contributed by atoms with E-state index in [4.69, 9.17) is 5.26 Å². The molecule has 0 radical (unpaired) electrons. The first-order valence-electron chi connectivity index (χ1n) is 5.64.